The first-order chi connectivity index (χ1) is 9.10. The predicted molar refractivity (Wildman–Crippen MR) is 80.8 cm³/mol. The van der Waals surface area contributed by atoms with Gasteiger partial charge in [0.2, 0.25) is 5.91 Å². The molecule has 0 saturated carbocycles. The van der Waals surface area contributed by atoms with E-state index >= 15 is 0 Å². The van der Waals surface area contributed by atoms with E-state index in [2.05, 4.69) is 26.6 Å². The van der Waals surface area contributed by atoms with Crippen molar-refractivity contribution in [3.05, 3.63) is 27.7 Å². The van der Waals surface area contributed by atoms with E-state index < -0.39 is 5.91 Å². The van der Waals surface area contributed by atoms with Crippen molar-refractivity contribution >= 4 is 27.7 Å². The van der Waals surface area contributed by atoms with E-state index in [1.807, 2.05) is 27.7 Å². The van der Waals surface area contributed by atoms with Crippen LogP contribution >= 0.6 is 15.9 Å². The lowest BCUT2D eigenvalue weighted by atomic mass is 10.1. The molecule has 5 nitrogen and oxygen atoms in total. The van der Waals surface area contributed by atoms with Gasteiger partial charge in [-0.05, 0) is 61.3 Å². The Balaban J connectivity index is 2.71. The lowest BCUT2D eigenvalue weighted by Crippen LogP contribution is -2.45. The fraction of sp³-hybridized carbons (Fsp3) is 0.429. The smallest absolute Gasteiger partial charge is 0.255 e. The Morgan fingerprint density at radius 3 is 2.45 bits per heavy atom. The molecule has 0 saturated heterocycles. The molecule has 0 aromatic heterocycles. The molecule has 20 heavy (non-hydrogen) atoms. The molecule has 1 rings (SSSR count). The van der Waals surface area contributed by atoms with Gasteiger partial charge in [-0.25, -0.2) is 0 Å². The predicted octanol–water partition coefficient (Wildman–Crippen LogP) is 2.11. The highest BCUT2D eigenvalue weighted by Gasteiger charge is 2.17. The number of rotatable bonds is 3. The lowest BCUT2D eigenvalue weighted by Gasteiger charge is -2.20. The van der Waals surface area contributed by atoms with Gasteiger partial charge in [0.15, 0.2) is 0 Å². The number of carbonyl (C=O) groups excluding carboxylic acids is 2. The normalized spacial score (nSPS) is 11.1. The highest BCUT2D eigenvalue weighted by Crippen LogP contribution is 2.29. The largest absolute Gasteiger partial charge is 0.506 e. The van der Waals surface area contributed by atoms with Gasteiger partial charge in [0.1, 0.15) is 5.75 Å². The summed E-state index contributed by atoms with van der Waals surface area (Å²) in [7, 11) is 0. The summed E-state index contributed by atoms with van der Waals surface area (Å²) < 4.78 is 0.446. The molecule has 3 N–H and O–H groups in total. The number of nitrogens with one attached hydrogen (secondary N) is 2. The van der Waals surface area contributed by atoms with E-state index in [1.54, 1.807) is 12.1 Å². The Morgan fingerprint density at radius 2 is 1.90 bits per heavy atom. The van der Waals surface area contributed by atoms with Crippen molar-refractivity contribution in [1.82, 2.24) is 10.6 Å². The zero-order valence-electron chi connectivity index (χ0n) is 12.0. The second-order valence-corrected chi connectivity index (χ2v) is 6.48. The second kappa shape index (κ2) is 6.26. The van der Waals surface area contributed by atoms with E-state index in [0.717, 1.165) is 5.56 Å². The second-order valence-electron chi connectivity index (χ2n) is 5.62. The summed E-state index contributed by atoms with van der Waals surface area (Å²) in [5, 5.41) is 15.1. The topological polar surface area (TPSA) is 78.4 Å². The molecule has 0 spiro atoms. The van der Waals surface area contributed by atoms with Gasteiger partial charge < -0.3 is 15.7 Å². The quantitative estimate of drug-likeness (QED) is 0.787. The first-order valence-electron chi connectivity index (χ1n) is 6.18. The van der Waals surface area contributed by atoms with Crippen molar-refractivity contribution < 1.29 is 14.7 Å². The summed E-state index contributed by atoms with van der Waals surface area (Å²) in [4.78, 5) is 23.6. The molecule has 0 aliphatic heterocycles. The van der Waals surface area contributed by atoms with Gasteiger partial charge in [-0.1, -0.05) is 0 Å². The minimum Gasteiger partial charge on any atom is -0.506 e. The van der Waals surface area contributed by atoms with Gasteiger partial charge in [-0.2, -0.15) is 0 Å². The van der Waals surface area contributed by atoms with Gasteiger partial charge in [0.05, 0.1) is 16.6 Å². The van der Waals surface area contributed by atoms with Crippen LogP contribution in [0.3, 0.4) is 0 Å². The molecule has 6 heteroatoms. The minimum absolute atomic E-state index is 0.135. The fourth-order valence-electron chi connectivity index (χ4n) is 1.63. The Labute approximate surface area is 126 Å². The molecular formula is C14H19BrN2O3. The maximum Gasteiger partial charge on any atom is 0.255 e. The van der Waals surface area contributed by atoms with Gasteiger partial charge in [0, 0.05) is 5.54 Å². The van der Waals surface area contributed by atoms with Crippen molar-refractivity contribution in [3.8, 4) is 5.75 Å². The van der Waals surface area contributed by atoms with Crippen LogP contribution in [0.5, 0.6) is 5.75 Å². The monoisotopic (exact) mass is 342 g/mol. The number of carbonyl (C=O) groups is 2. The number of aromatic hydroxyl groups is 1. The van der Waals surface area contributed by atoms with Crippen LogP contribution < -0.4 is 10.6 Å². The van der Waals surface area contributed by atoms with Crippen molar-refractivity contribution in [3.63, 3.8) is 0 Å². The summed E-state index contributed by atoms with van der Waals surface area (Å²) in [6.45, 7) is 7.25. The van der Waals surface area contributed by atoms with Crippen LogP contribution in [0.15, 0.2) is 16.6 Å². The van der Waals surface area contributed by atoms with E-state index in [-0.39, 0.29) is 29.3 Å². The van der Waals surface area contributed by atoms with E-state index in [1.165, 1.54) is 0 Å². The van der Waals surface area contributed by atoms with Crippen molar-refractivity contribution in [1.29, 1.82) is 0 Å². The number of phenolic OH excluding ortho intramolecular Hbond substituents is 1. The number of halogens is 1. The highest BCUT2D eigenvalue weighted by molar-refractivity contribution is 9.10. The molecule has 0 fully saturated rings. The highest BCUT2D eigenvalue weighted by atomic mass is 79.9. The molecular weight excluding hydrogens is 324 g/mol. The molecule has 1 aromatic carbocycles. The molecule has 110 valence electrons. The summed E-state index contributed by atoms with van der Waals surface area (Å²) in [6, 6.07) is 3.27. The molecule has 0 unspecified atom stereocenters. The van der Waals surface area contributed by atoms with Crippen LogP contribution in [0.2, 0.25) is 0 Å². The number of hydrogen-bond donors (Lipinski definition) is 3. The standard InChI is InChI=1S/C14H19BrN2O3/c1-8-5-9(12(19)10(15)6-8)13(20)16-7-11(18)17-14(2,3)4/h5-6,19H,7H2,1-4H3,(H,16,20)(H,17,18). The minimum atomic E-state index is -0.490. The number of phenols is 1. The van der Waals surface area contributed by atoms with E-state index in [0.29, 0.717) is 4.47 Å². The van der Waals surface area contributed by atoms with Crippen molar-refractivity contribution in [2.75, 3.05) is 6.54 Å². The fourth-order valence-corrected chi connectivity index (χ4v) is 2.20. The van der Waals surface area contributed by atoms with Crippen LogP contribution in [0.1, 0.15) is 36.7 Å². The molecule has 0 aliphatic rings. The maximum absolute atomic E-state index is 12.0. The van der Waals surface area contributed by atoms with Crippen LogP contribution in [-0.2, 0) is 4.79 Å². The lowest BCUT2D eigenvalue weighted by molar-refractivity contribution is -0.121. The van der Waals surface area contributed by atoms with Gasteiger partial charge in [-0.15, -0.1) is 0 Å². The first-order valence-corrected chi connectivity index (χ1v) is 6.98. The Bertz CT molecular complexity index is 536. The van der Waals surface area contributed by atoms with Crippen molar-refractivity contribution in [2.45, 2.75) is 33.2 Å². The van der Waals surface area contributed by atoms with Gasteiger partial charge in [-0.3, -0.25) is 9.59 Å². The Kier molecular flexibility index (Phi) is 5.16. The Morgan fingerprint density at radius 1 is 1.30 bits per heavy atom. The third-order valence-corrected chi connectivity index (χ3v) is 2.98. The SMILES string of the molecule is Cc1cc(Br)c(O)c(C(=O)NCC(=O)NC(C)(C)C)c1. The van der Waals surface area contributed by atoms with Gasteiger partial charge >= 0.3 is 0 Å². The van der Waals surface area contributed by atoms with Crippen LogP contribution in [-0.4, -0.2) is 29.0 Å². The maximum atomic E-state index is 12.0. The summed E-state index contributed by atoms with van der Waals surface area (Å²) in [5.74, 6) is -0.905. The molecule has 1 aromatic rings. The molecule has 0 radical (unpaired) electrons. The summed E-state index contributed by atoms with van der Waals surface area (Å²) in [6.07, 6.45) is 0. The Hall–Kier alpha value is -1.56. The number of amides is 2. The molecule has 0 heterocycles. The zero-order valence-corrected chi connectivity index (χ0v) is 13.6. The molecule has 0 atom stereocenters. The number of hydrogen-bond acceptors (Lipinski definition) is 3. The molecule has 0 aliphatic carbocycles. The zero-order chi connectivity index (χ0) is 15.5. The average Bonchev–Trinajstić information content (AvgIpc) is 2.28. The number of aryl methyl sites for hydroxylation is 1. The van der Waals surface area contributed by atoms with Crippen LogP contribution in [0.25, 0.3) is 0 Å². The molecule has 2 amide bonds. The summed E-state index contributed by atoms with van der Waals surface area (Å²) in [5.41, 5.74) is 0.621. The van der Waals surface area contributed by atoms with E-state index in [9.17, 15) is 14.7 Å². The molecule has 0 bridgehead atoms. The van der Waals surface area contributed by atoms with E-state index in [4.69, 9.17) is 0 Å². The summed E-state index contributed by atoms with van der Waals surface area (Å²) >= 11 is 3.18. The first kappa shape index (κ1) is 16.5. The van der Waals surface area contributed by atoms with Crippen molar-refractivity contribution in [2.24, 2.45) is 0 Å². The van der Waals surface area contributed by atoms with Crippen LogP contribution in [0, 0.1) is 6.92 Å². The average molecular weight is 343 g/mol. The third-order valence-electron chi connectivity index (χ3n) is 2.38. The van der Waals surface area contributed by atoms with Crippen LogP contribution in [0.4, 0.5) is 0 Å². The third kappa shape index (κ3) is 4.85. The van der Waals surface area contributed by atoms with Gasteiger partial charge in [0.25, 0.3) is 5.91 Å². The number of benzene rings is 1.